The van der Waals surface area contributed by atoms with Gasteiger partial charge in [-0.1, -0.05) is 56.8 Å². The highest BCUT2D eigenvalue weighted by molar-refractivity contribution is 9.09. The number of rotatable bonds is 3. The molecule has 0 bridgehead atoms. The molecule has 0 heterocycles. The molecule has 0 aromatic heterocycles. The number of ether oxygens (including phenoxy) is 1. The summed E-state index contributed by atoms with van der Waals surface area (Å²) in [5, 5.41) is 1.25. The van der Waals surface area contributed by atoms with Gasteiger partial charge in [-0.2, -0.15) is 0 Å². The molecule has 0 aliphatic rings. The van der Waals surface area contributed by atoms with Gasteiger partial charge >= 0.3 is 0 Å². The molecule has 19 heavy (non-hydrogen) atoms. The van der Waals surface area contributed by atoms with E-state index in [1.165, 1.54) is 5.56 Å². The first kappa shape index (κ1) is 14.7. The summed E-state index contributed by atoms with van der Waals surface area (Å²) in [6.07, 6.45) is 0. The molecular weight excluding hydrogens is 347 g/mol. The largest absolute Gasteiger partial charge is 0.496 e. The predicted molar refractivity (Wildman–Crippen MR) is 85.0 cm³/mol. The molecule has 2 aromatic carbocycles. The van der Waals surface area contributed by atoms with Gasteiger partial charge in [0.15, 0.2) is 0 Å². The molecule has 1 unspecified atom stereocenters. The molecule has 0 radical (unpaired) electrons. The van der Waals surface area contributed by atoms with E-state index in [2.05, 4.69) is 22.0 Å². The van der Waals surface area contributed by atoms with Gasteiger partial charge in [-0.25, -0.2) is 0 Å². The van der Waals surface area contributed by atoms with E-state index in [9.17, 15) is 0 Å². The van der Waals surface area contributed by atoms with Gasteiger partial charge in [0.1, 0.15) is 5.75 Å². The van der Waals surface area contributed by atoms with Crippen LogP contribution in [0.1, 0.15) is 21.5 Å². The van der Waals surface area contributed by atoms with Gasteiger partial charge in [-0.15, -0.1) is 0 Å². The van der Waals surface area contributed by atoms with Gasteiger partial charge < -0.3 is 4.74 Å². The first-order valence-electron chi connectivity index (χ1n) is 5.76. The lowest BCUT2D eigenvalue weighted by Crippen LogP contribution is -1.98. The molecule has 100 valence electrons. The Morgan fingerprint density at radius 3 is 2.26 bits per heavy atom. The van der Waals surface area contributed by atoms with E-state index < -0.39 is 0 Å². The maximum atomic E-state index is 6.05. The number of hydrogen-bond donors (Lipinski definition) is 0. The number of methoxy groups -OCH3 is 1. The minimum atomic E-state index is -0.0152. The van der Waals surface area contributed by atoms with Crippen molar-refractivity contribution in [3.8, 4) is 5.75 Å². The second-order valence-electron chi connectivity index (χ2n) is 4.31. The Balaban J connectivity index is 2.48. The van der Waals surface area contributed by atoms with Gasteiger partial charge in [0.05, 0.1) is 11.9 Å². The average molecular weight is 360 g/mol. The number of alkyl halides is 1. The van der Waals surface area contributed by atoms with Crippen LogP contribution in [0.2, 0.25) is 10.0 Å². The molecule has 0 saturated heterocycles. The van der Waals surface area contributed by atoms with Gasteiger partial charge in [0.25, 0.3) is 0 Å². The van der Waals surface area contributed by atoms with Gasteiger partial charge in [0, 0.05) is 15.6 Å². The molecule has 1 atom stereocenters. The summed E-state index contributed by atoms with van der Waals surface area (Å²) in [4.78, 5) is -0.0152. The molecule has 2 rings (SSSR count). The maximum Gasteiger partial charge on any atom is 0.123 e. The van der Waals surface area contributed by atoms with Crippen LogP contribution in [0.15, 0.2) is 36.4 Å². The molecule has 0 saturated carbocycles. The molecule has 1 nitrogen and oxygen atoms in total. The Bertz CT molecular complexity index is 578. The first-order chi connectivity index (χ1) is 9.01. The predicted octanol–water partition coefficient (Wildman–Crippen LogP) is 5.79. The average Bonchev–Trinajstić information content (AvgIpc) is 2.36. The molecule has 0 aliphatic carbocycles. The lowest BCUT2D eigenvalue weighted by molar-refractivity contribution is 0.410. The summed E-state index contributed by atoms with van der Waals surface area (Å²) in [5.41, 5.74) is 3.23. The maximum absolute atomic E-state index is 6.05. The van der Waals surface area contributed by atoms with Crippen molar-refractivity contribution < 1.29 is 4.74 Å². The first-order valence-corrected chi connectivity index (χ1v) is 7.43. The topological polar surface area (TPSA) is 9.23 Å². The molecule has 4 heteroatoms. The van der Waals surface area contributed by atoms with Crippen LogP contribution in [0.4, 0.5) is 0 Å². The summed E-state index contributed by atoms with van der Waals surface area (Å²) < 4.78 is 5.41. The number of aryl methyl sites for hydroxylation is 1. The summed E-state index contributed by atoms with van der Waals surface area (Å²) in [6, 6.07) is 11.6. The monoisotopic (exact) mass is 358 g/mol. The molecule has 0 fully saturated rings. The molecule has 0 spiro atoms. The van der Waals surface area contributed by atoms with E-state index in [1.54, 1.807) is 13.2 Å². The lowest BCUT2D eigenvalue weighted by Gasteiger charge is -2.16. The van der Waals surface area contributed by atoms with E-state index in [-0.39, 0.29) is 4.83 Å². The van der Waals surface area contributed by atoms with Crippen LogP contribution in [0.3, 0.4) is 0 Å². The number of benzene rings is 2. The fourth-order valence-electron chi connectivity index (χ4n) is 1.95. The summed E-state index contributed by atoms with van der Waals surface area (Å²) in [7, 11) is 1.67. The highest BCUT2D eigenvalue weighted by Crippen LogP contribution is 2.38. The van der Waals surface area contributed by atoms with Crippen molar-refractivity contribution >= 4 is 39.1 Å². The zero-order chi connectivity index (χ0) is 14.0. The van der Waals surface area contributed by atoms with E-state index in [1.807, 2.05) is 31.2 Å². The molecule has 0 aliphatic heterocycles. The molecule has 0 amide bonds. The minimum Gasteiger partial charge on any atom is -0.496 e. The van der Waals surface area contributed by atoms with E-state index >= 15 is 0 Å². The van der Waals surface area contributed by atoms with Crippen LogP contribution in [-0.2, 0) is 0 Å². The van der Waals surface area contributed by atoms with Crippen LogP contribution in [-0.4, -0.2) is 7.11 Å². The van der Waals surface area contributed by atoms with Crippen molar-refractivity contribution in [1.29, 1.82) is 0 Å². The third-order valence-corrected chi connectivity index (χ3v) is 4.29. The Labute approximate surface area is 131 Å². The van der Waals surface area contributed by atoms with Crippen molar-refractivity contribution in [3.05, 3.63) is 63.1 Å². The number of hydrogen-bond acceptors (Lipinski definition) is 1. The second-order valence-corrected chi connectivity index (χ2v) is 6.10. The minimum absolute atomic E-state index is 0.0152. The lowest BCUT2D eigenvalue weighted by atomic mass is 10.0. The van der Waals surface area contributed by atoms with Gasteiger partial charge in [-0.3, -0.25) is 0 Å². The Kier molecular flexibility index (Phi) is 4.77. The smallest absolute Gasteiger partial charge is 0.123 e. The van der Waals surface area contributed by atoms with Crippen LogP contribution in [0.25, 0.3) is 0 Å². The van der Waals surface area contributed by atoms with Crippen LogP contribution < -0.4 is 4.74 Å². The summed E-state index contributed by atoms with van der Waals surface area (Å²) in [6.45, 7) is 2.05. The summed E-state index contributed by atoms with van der Waals surface area (Å²) in [5.74, 6) is 0.837. The number of halogens is 3. The van der Waals surface area contributed by atoms with E-state index in [4.69, 9.17) is 27.9 Å². The SMILES string of the molecule is COc1ccc(C)cc1C(Br)c1cc(Cl)cc(Cl)c1. The molecular formula is C15H13BrCl2O. The fourth-order valence-corrected chi connectivity index (χ4v) is 3.12. The fraction of sp³-hybridized carbons (Fsp3) is 0.200. The zero-order valence-corrected chi connectivity index (χ0v) is 13.7. The second kappa shape index (κ2) is 6.17. The standard InChI is InChI=1S/C15H13BrCl2O/c1-9-3-4-14(19-2)13(5-9)15(16)10-6-11(17)8-12(18)7-10/h3-8,15H,1-2H3. The van der Waals surface area contributed by atoms with Crippen LogP contribution >= 0.6 is 39.1 Å². The highest BCUT2D eigenvalue weighted by Gasteiger charge is 2.16. The van der Waals surface area contributed by atoms with Gasteiger partial charge in [0.2, 0.25) is 0 Å². The molecule has 2 aromatic rings. The zero-order valence-electron chi connectivity index (χ0n) is 10.6. The third-order valence-electron chi connectivity index (χ3n) is 2.84. The third kappa shape index (κ3) is 3.44. The van der Waals surface area contributed by atoms with Crippen LogP contribution in [0, 0.1) is 6.92 Å². The Morgan fingerprint density at radius 2 is 1.68 bits per heavy atom. The normalized spacial score (nSPS) is 12.3. The van der Waals surface area contributed by atoms with Crippen molar-refractivity contribution in [2.45, 2.75) is 11.8 Å². The van der Waals surface area contributed by atoms with Gasteiger partial charge in [-0.05, 0) is 36.8 Å². The highest BCUT2D eigenvalue weighted by atomic mass is 79.9. The Hall–Kier alpha value is -0.700. The molecule has 0 N–H and O–H groups in total. The Morgan fingerprint density at radius 1 is 1.05 bits per heavy atom. The van der Waals surface area contributed by atoms with Crippen molar-refractivity contribution in [1.82, 2.24) is 0 Å². The van der Waals surface area contributed by atoms with E-state index in [0.29, 0.717) is 10.0 Å². The van der Waals surface area contributed by atoms with E-state index in [0.717, 1.165) is 16.9 Å². The van der Waals surface area contributed by atoms with Crippen molar-refractivity contribution in [2.75, 3.05) is 7.11 Å². The van der Waals surface area contributed by atoms with Crippen molar-refractivity contribution in [2.24, 2.45) is 0 Å². The quantitative estimate of drug-likeness (QED) is 0.629. The van der Waals surface area contributed by atoms with Crippen LogP contribution in [0.5, 0.6) is 5.75 Å². The summed E-state index contributed by atoms with van der Waals surface area (Å²) >= 11 is 15.8. The van der Waals surface area contributed by atoms with Crippen molar-refractivity contribution in [3.63, 3.8) is 0 Å².